The van der Waals surface area contributed by atoms with Crippen molar-refractivity contribution in [2.75, 3.05) is 13.7 Å². The fourth-order valence-corrected chi connectivity index (χ4v) is 2.98. The Bertz CT molecular complexity index is 541. The zero-order valence-corrected chi connectivity index (χ0v) is 11.5. The Hall–Kier alpha value is -1.88. The van der Waals surface area contributed by atoms with Crippen LogP contribution in [0.25, 0.3) is 0 Å². The van der Waals surface area contributed by atoms with Gasteiger partial charge in [0, 0.05) is 5.41 Å². The maximum absolute atomic E-state index is 11.4. The van der Waals surface area contributed by atoms with E-state index in [1.807, 2.05) is 18.2 Å². The van der Waals surface area contributed by atoms with E-state index in [9.17, 15) is 9.59 Å². The van der Waals surface area contributed by atoms with E-state index in [-0.39, 0.29) is 18.8 Å². The van der Waals surface area contributed by atoms with Gasteiger partial charge < -0.3 is 15.6 Å². The Morgan fingerprint density at radius 3 is 2.75 bits per heavy atom. The molecule has 1 aromatic carbocycles. The minimum atomic E-state index is -0.835. The predicted octanol–water partition coefficient (Wildman–Crippen LogP) is 0.920. The SMILES string of the molecule is COC(=O)Cc1cccc2c1CC(CN)(CC(=O)O)C2. The predicted molar refractivity (Wildman–Crippen MR) is 73.3 cm³/mol. The number of ether oxygens (including phenoxy) is 1. The molecule has 0 bridgehead atoms. The topological polar surface area (TPSA) is 89.6 Å². The Kier molecular flexibility index (Phi) is 4.09. The highest BCUT2D eigenvalue weighted by Gasteiger charge is 2.39. The maximum atomic E-state index is 11.4. The molecule has 1 unspecified atom stereocenters. The maximum Gasteiger partial charge on any atom is 0.309 e. The van der Waals surface area contributed by atoms with Crippen LogP contribution < -0.4 is 5.73 Å². The van der Waals surface area contributed by atoms with Gasteiger partial charge in [0.05, 0.1) is 20.0 Å². The number of benzene rings is 1. The molecular formula is C15H19NO4. The molecule has 2 rings (SSSR count). The van der Waals surface area contributed by atoms with Crippen molar-refractivity contribution in [1.82, 2.24) is 0 Å². The number of aliphatic carboxylic acids is 1. The number of carboxylic acid groups (broad SMARTS) is 1. The highest BCUT2D eigenvalue weighted by atomic mass is 16.5. The van der Waals surface area contributed by atoms with Crippen LogP contribution in [0.3, 0.4) is 0 Å². The number of hydrogen-bond donors (Lipinski definition) is 2. The molecule has 0 spiro atoms. The monoisotopic (exact) mass is 277 g/mol. The van der Waals surface area contributed by atoms with Gasteiger partial charge >= 0.3 is 11.9 Å². The van der Waals surface area contributed by atoms with Gasteiger partial charge in [-0.3, -0.25) is 9.59 Å². The molecule has 0 aliphatic heterocycles. The molecule has 3 N–H and O–H groups in total. The highest BCUT2D eigenvalue weighted by Crippen LogP contribution is 2.40. The summed E-state index contributed by atoms with van der Waals surface area (Å²) in [4.78, 5) is 22.5. The molecule has 0 saturated heterocycles. The average Bonchev–Trinajstić information content (AvgIpc) is 2.77. The van der Waals surface area contributed by atoms with Gasteiger partial charge in [-0.15, -0.1) is 0 Å². The molecular weight excluding hydrogens is 258 g/mol. The zero-order chi connectivity index (χ0) is 14.8. The first kappa shape index (κ1) is 14.5. The molecule has 20 heavy (non-hydrogen) atoms. The second-order valence-corrected chi connectivity index (χ2v) is 5.44. The summed E-state index contributed by atoms with van der Waals surface area (Å²) in [6.45, 7) is 0.325. The molecule has 1 atom stereocenters. The van der Waals surface area contributed by atoms with Crippen molar-refractivity contribution < 1.29 is 19.4 Å². The first-order valence-corrected chi connectivity index (χ1v) is 6.58. The number of carboxylic acids is 1. The lowest BCUT2D eigenvalue weighted by atomic mass is 9.81. The number of carbonyl (C=O) groups excluding carboxylic acids is 1. The average molecular weight is 277 g/mol. The largest absolute Gasteiger partial charge is 0.481 e. The van der Waals surface area contributed by atoms with Crippen molar-refractivity contribution in [2.24, 2.45) is 11.1 Å². The fraction of sp³-hybridized carbons (Fsp3) is 0.467. The summed E-state index contributed by atoms with van der Waals surface area (Å²) < 4.78 is 4.70. The smallest absolute Gasteiger partial charge is 0.309 e. The van der Waals surface area contributed by atoms with E-state index in [1.165, 1.54) is 7.11 Å². The van der Waals surface area contributed by atoms with Gasteiger partial charge in [-0.2, -0.15) is 0 Å². The third-order valence-corrected chi connectivity index (χ3v) is 4.01. The lowest BCUT2D eigenvalue weighted by Gasteiger charge is -2.24. The van der Waals surface area contributed by atoms with E-state index in [1.54, 1.807) is 0 Å². The van der Waals surface area contributed by atoms with Gasteiger partial charge in [-0.25, -0.2) is 0 Å². The zero-order valence-electron chi connectivity index (χ0n) is 11.5. The molecule has 1 aliphatic rings. The van der Waals surface area contributed by atoms with Crippen LogP contribution in [-0.2, 0) is 33.6 Å². The molecule has 1 aliphatic carbocycles. The molecule has 0 saturated carbocycles. The van der Waals surface area contributed by atoms with Crippen LogP contribution in [0.15, 0.2) is 18.2 Å². The molecule has 0 aromatic heterocycles. The number of hydrogen-bond acceptors (Lipinski definition) is 4. The highest BCUT2D eigenvalue weighted by molar-refractivity contribution is 5.73. The Labute approximate surface area is 117 Å². The summed E-state index contributed by atoms with van der Waals surface area (Å²) >= 11 is 0. The number of esters is 1. The molecule has 0 heterocycles. The van der Waals surface area contributed by atoms with E-state index in [0.29, 0.717) is 19.4 Å². The standard InChI is InChI=1S/C15H19NO4/c1-20-14(19)5-10-3-2-4-11-6-15(9-16,7-12(10)11)8-13(17)18/h2-4H,5-9,16H2,1H3,(H,17,18). The van der Waals surface area contributed by atoms with Crippen LogP contribution in [0.5, 0.6) is 0 Å². The van der Waals surface area contributed by atoms with Gasteiger partial charge in [-0.1, -0.05) is 18.2 Å². The second kappa shape index (κ2) is 5.63. The van der Waals surface area contributed by atoms with Gasteiger partial charge in [0.15, 0.2) is 0 Å². The van der Waals surface area contributed by atoms with Crippen LogP contribution in [0.4, 0.5) is 0 Å². The minimum absolute atomic E-state index is 0.0514. The van der Waals surface area contributed by atoms with Crippen molar-refractivity contribution in [3.05, 3.63) is 34.9 Å². The van der Waals surface area contributed by atoms with Crippen LogP contribution in [-0.4, -0.2) is 30.7 Å². The molecule has 1 aromatic rings. The van der Waals surface area contributed by atoms with Crippen molar-refractivity contribution in [2.45, 2.75) is 25.7 Å². The molecule has 108 valence electrons. The minimum Gasteiger partial charge on any atom is -0.481 e. The molecule has 0 amide bonds. The molecule has 0 fully saturated rings. The Morgan fingerprint density at radius 1 is 1.40 bits per heavy atom. The van der Waals surface area contributed by atoms with Gasteiger partial charge in [0.1, 0.15) is 0 Å². The van der Waals surface area contributed by atoms with Crippen LogP contribution in [0.2, 0.25) is 0 Å². The van der Waals surface area contributed by atoms with Gasteiger partial charge in [-0.05, 0) is 36.1 Å². The van der Waals surface area contributed by atoms with Gasteiger partial charge in [0.2, 0.25) is 0 Å². The fourth-order valence-electron chi connectivity index (χ4n) is 2.98. The van der Waals surface area contributed by atoms with E-state index in [2.05, 4.69) is 0 Å². The first-order chi connectivity index (χ1) is 9.49. The third kappa shape index (κ3) is 2.82. The quantitative estimate of drug-likeness (QED) is 0.781. The number of carbonyl (C=O) groups is 2. The number of methoxy groups -OCH3 is 1. The van der Waals surface area contributed by atoms with Crippen molar-refractivity contribution in [1.29, 1.82) is 0 Å². The van der Waals surface area contributed by atoms with E-state index in [4.69, 9.17) is 15.6 Å². The summed E-state index contributed by atoms with van der Waals surface area (Å²) in [5, 5.41) is 9.07. The van der Waals surface area contributed by atoms with Crippen molar-refractivity contribution in [3.63, 3.8) is 0 Å². The molecule has 0 radical (unpaired) electrons. The third-order valence-electron chi connectivity index (χ3n) is 4.01. The lowest BCUT2D eigenvalue weighted by Crippen LogP contribution is -2.33. The summed E-state index contributed by atoms with van der Waals surface area (Å²) in [6, 6.07) is 5.77. The number of nitrogens with two attached hydrogens (primary N) is 1. The van der Waals surface area contributed by atoms with Crippen molar-refractivity contribution >= 4 is 11.9 Å². The summed E-state index contributed by atoms with van der Waals surface area (Å²) in [5.74, 6) is -1.13. The summed E-state index contributed by atoms with van der Waals surface area (Å²) in [5.41, 5.74) is 8.46. The Morgan fingerprint density at radius 2 is 2.15 bits per heavy atom. The van der Waals surface area contributed by atoms with Crippen LogP contribution >= 0.6 is 0 Å². The van der Waals surface area contributed by atoms with Crippen molar-refractivity contribution in [3.8, 4) is 0 Å². The molecule has 5 heteroatoms. The van der Waals surface area contributed by atoms with E-state index < -0.39 is 11.4 Å². The second-order valence-electron chi connectivity index (χ2n) is 5.44. The normalized spacial score (nSPS) is 20.5. The number of rotatable bonds is 5. The van der Waals surface area contributed by atoms with Crippen LogP contribution in [0.1, 0.15) is 23.1 Å². The van der Waals surface area contributed by atoms with Crippen LogP contribution in [0, 0.1) is 5.41 Å². The van der Waals surface area contributed by atoms with Gasteiger partial charge in [0.25, 0.3) is 0 Å². The Balaban J connectivity index is 2.29. The lowest BCUT2D eigenvalue weighted by molar-refractivity contribution is -0.140. The summed E-state index contributed by atoms with van der Waals surface area (Å²) in [7, 11) is 1.36. The number of fused-ring (bicyclic) bond motifs is 1. The van der Waals surface area contributed by atoms with E-state index in [0.717, 1.165) is 16.7 Å². The summed E-state index contributed by atoms with van der Waals surface area (Å²) in [6.07, 6.45) is 1.53. The van der Waals surface area contributed by atoms with E-state index >= 15 is 0 Å². The molecule has 5 nitrogen and oxygen atoms in total. The first-order valence-electron chi connectivity index (χ1n) is 6.58.